The maximum Gasteiger partial charge on any atom is 0.326 e. The van der Waals surface area contributed by atoms with E-state index < -0.39 is 18.1 Å². The first-order valence-corrected chi connectivity index (χ1v) is 11.6. The highest BCUT2D eigenvalue weighted by molar-refractivity contribution is 5.90. The van der Waals surface area contributed by atoms with Crippen LogP contribution in [0.1, 0.15) is 35.6 Å². The van der Waals surface area contributed by atoms with Crippen molar-refractivity contribution < 1.29 is 24.2 Å². The summed E-state index contributed by atoms with van der Waals surface area (Å²) in [4.78, 5) is 26.8. The molecule has 2 atom stereocenters. The van der Waals surface area contributed by atoms with Gasteiger partial charge in [0.05, 0.1) is 18.7 Å². The molecule has 1 heterocycles. The Morgan fingerprint density at radius 2 is 1.86 bits per heavy atom. The highest BCUT2D eigenvalue weighted by Crippen LogP contribution is 2.34. The maximum atomic E-state index is 13.7. The van der Waals surface area contributed by atoms with Crippen LogP contribution in [0.2, 0.25) is 0 Å². The molecule has 184 valence electrons. The van der Waals surface area contributed by atoms with E-state index in [0.29, 0.717) is 54.3 Å². The van der Waals surface area contributed by atoms with Crippen molar-refractivity contribution in [3.8, 4) is 17.6 Å². The largest absolute Gasteiger partial charge is 0.493 e. The third-order valence-corrected chi connectivity index (χ3v) is 6.15. The van der Waals surface area contributed by atoms with E-state index in [-0.39, 0.29) is 5.91 Å². The molecule has 0 aromatic heterocycles. The van der Waals surface area contributed by atoms with Gasteiger partial charge < -0.3 is 24.8 Å². The van der Waals surface area contributed by atoms with E-state index in [2.05, 4.69) is 11.4 Å². The van der Waals surface area contributed by atoms with Crippen molar-refractivity contribution >= 4 is 17.6 Å². The van der Waals surface area contributed by atoms with Crippen LogP contribution in [0, 0.1) is 11.3 Å². The molecule has 1 unspecified atom stereocenters. The fourth-order valence-electron chi connectivity index (χ4n) is 4.27. The van der Waals surface area contributed by atoms with Gasteiger partial charge in [-0.05, 0) is 60.4 Å². The summed E-state index contributed by atoms with van der Waals surface area (Å²) in [5.74, 6) is -0.372. The normalized spacial score (nSPS) is 15.6. The molecule has 1 aliphatic rings. The summed E-state index contributed by atoms with van der Waals surface area (Å²) in [5, 5.41) is 21.9. The van der Waals surface area contributed by atoms with E-state index in [1.165, 1.54) is 12.0 Å². The molecule has 8 heteroatoms. The number of aliphatic carboxylic acids is 1. The predicted molar refractivity (Wildman–Crippen MR) is 134 cm³/mol. The number of carbonyl (C=O) groups is 2. The van der Waals surface area contributed by atoms with Crippen LogP contribution in [0.15, 0.2) is 72.8 Å². The lowest BCUT2D eigenvalue weighted by Crippen LogP contribution is -2.44. The van der Waals surface area contributed by atoms with Crippen LogP contribution in [0.5, 0.6) is 11.5 Å². The average Bonchev–Trinajstić information content (AvgIpc) is 3.42. The summed E-state index contributed by atoms with van der Waals surface area (Å²) in [5.41, 5.74) is 2.73. The van der Waals surface area contributed by atoms with Gasteiger partial charge in [-0.3, -0.25) is 4.79 Å². The van der Waals surface area contributed by atoms with E-state index in [9.17, 15) is 14.7 Å². The molecule has 0 bridgehead atoms. The lowest BCUT2D eigenvalue weighted by atomic mass is 10.0. The topological polar surface area (TPSA) is 112 Å². The van der Waals surface area contributed by atoms with Crippen molar-refractivity contribution in [1.29, 1.82) is 5.26 Å². The van der Waals surface area contributed by atoms with Gasteiger partial charge in [-0.2, -0.15) is 5.26 Å². The first kappa shape index (κ1) is 24.6. The number of nitriles is 1. The Labute approximate surface area is 209 Å². The van der Waals surface area contributed by atoms with E-state index in [0.717, 1.165) is 5.56 Å². The number of benzene rings is 3. The van der Waals surface area contributed by atoms with Crippen molar-refractivity contribution in [3.05, 3.63) is 89.5 Å². The molecule has 3 aromatic carbocycles. The number of carboxylic acids is 1. The fraction of sp³-hybridized carbons (Fsp3) is 0.250. The molecular weight excluding hydrogens is 458 g/mol. The summed E-state index contributed by atoms with van der Waals surface area (Å²) in [6.45, 7) is 0.729. The van der Waals surface area contributed by atoms with Crippen molar-refractivity contribution in [1.82, 2.24) is 4.90 Å². The average molecular weight is 486 g/mol. The summed E-state index contributed by atoms with van der Waals surface area (Å²) in [6.07, 6.45) is 1.04. The smallest absolute Gasteiger partial charge is 0.326 e. The third-order valence-electron chi connectivity index (χ3n) is 6.15. The second-order valence-electron chi connectivity index (χ2n) is 8.48. The number of methoxy groups -OCH3 is 1. The predicted octanol–water partition coefficient (Wildman–Crippen LogP) is 4.37. The lowest BCUT2D eigenvalue weighted by Gasteiger charge is -2.28. The standard InChI is InChI=1S/C28H27N3O5/c1-35-25-16-21(11-14-24(25)36-18-20-6-3-2-4-7-20)26(30-22-12-9-19(17-29)10-13-22)27(32)31-15-5-8-23(31)28(33)34/h2-4,6-7,9-14,16,23,26,30H,5,8,15,18H2,1H3,(H,33,34)/t23?,26-/m0/s1. The Balaban J connectivity index is 1.63. The van der Waals surface area contributed by atoms with Gasteiger partial charge in [-0.1, -0.05) is 36.4 Å². The molecule has 1 saturated heterocycles. The van der Waals surface area contributed by atoms with E-state index in [4.69, 9.17) is 14.7 Å². The Morgan fingerprint density at radius 3 is 2.53 bits per heavy atom. The molecule has 4 rings (SSSR count). The molecule has 2 N–H and O–H groups in total. The van der Waals surface area contributed by atoms with E-state index in [1.54, 1.807) is 42.5 Å². The number of nitrogens with zero attached hydrogens (tertiary/aromatic N) is 2. The quantitative estimate of drug-likeness (QED) is 0.463. The van der Waals surface area contributed by atoms with Gasteiger partial charge >= 0.3 is 5.97 Å². The Morgan fingerprint density at radius 1 is 1.11 bits per heavy atom. The molecule has 1 amide bonds. The van der Waals surface area contributed by atoms with Crippen LogP contribution in [0.4, 0.5) is 5.69 Å². The van der Waals surface area contributed by atoms with Crippen molar-refractivity contribution in [2.45, 2.75) is 31.5 Å². The van der Waals surface area contributed by atoms with Crippen LogP contribution in [0.3, 0.4) is 0 Å². The van der Waals surface area contributed by atoms with Crippen molar-refractivity contribution in [2.24, 2.45) is 0 Å². The molecule has 1 fully saturated rings. The second-order valence-corrected chi connectivity index (χ2v) is 8.48. The lowest BCUT2D eigenvalue weighted by molar-refractivity contribution is -0.148. The molecule has 0 aliphatic carbocycles. The van der Waals surface area contributed by atoms with E-state index in [1.807, 2.05) is 30.3 Å². The number of rotatable bonds is 9. The molecule has 0 radical (unpaired) electrons. The minimum Gasteiger partial charge on any atom is -0.493 e. The highest BCUT2D eigenvalue weighted by Gasteiger charge is 2.38. The number of anilines is 1. The second kappa shape index (κ2) is 11.3. The van der Waals surface area contributed by atoms with Crippen LogP contribution in [0.25, 0.3) is 0 Å². The van der Waals surface area contributed by atoms with Crippen LogP contribution in [-0.4, -0.2) is 41.6 Å². The van der Waals surface area contributed by atoms with E-state index >= 15 is 0 Å². The molecule has 0 saturated carbocycles. The molecule has 3 aromatic rings. The number of nitrogens with one attached hydrogen (secondary N) is 1. The third kappa shape index (κ3) is 5.58. The van der Waals surface area contributed by atoms with Gasteiger partial charge in [0.2, 0.25) is 5.91 Å². The molecule has 36 heavy (non-hydrogen) atoms. The Kier molecular flexibility index (Phi) is 7.71. The highest BCUT2D eigenvalue weighted by atomic mass is 16.5. The fourth-order valence-corrected chi connectivity index (χ4v) is 4.27. The number of likely N-dealkylation sites (tertiary alicyclic amines) is 1. The molecular formula is C28H27N3O5. The minimum atomic E-state index is -1.01. The number of carboxylic acid groups (broad SMARTS) is 1. The first-order valence-electron chi connectivity index (χ1n) is 11.6. The van der Waals surface area contributed by atoms with Crippen LogP contribution < -0.4 is 14.8 Å². The summed E-state index contributed by atoms with van der Waals surface area (Å²) < 4.78 is 11.5. The number of hydrogen-bond donors (Lipinski definition) is 2. The molecule has 0 spiro atoms. The Bertz CT molecular complexity index is 1250. The number of carbonyl (C=O) groups excluding carboxylic acids is 1. The monoisotopic (exact) mass is 485 g/mol. The zero-order valence-electron chi connectivity index (χ0n) is 19.9. The number of ether oxygens (including phenoxy) is 2. The van der Waals surface area contributed by atoms with Gasteiger partial charge in [-0.15, -0.1) is 0 Å². The Hall–Kier alpha value is -4.51. The van der Waals surface area contributed by atoms with Gasteiger partial charge in [0.1, 0.15) is 18.7 Å². The first-order chi connectivity index (χ1) is 17.5. The molecule has 1 aliphatic heterocycles. The maximum absolute atomic E-state index is 13.7. The SMILES string of the molecule is COc1cc([C@H](Nc2ccc(C#N)cc2)C(=O)N2CCCC2C(=O)O)ccc1OCc1ccccc1. The summed E-state index contributed by atoms with van der Waals surface area (Å²) in [7, 11) is 1.53. The summed E-state index contributed by atoms with van der Waals surface area (Å²) >= 11 is 0. The van der Waals surface area contributed by atoms with Crippen molar-refractivity contribution in [3.63, 3.8) is 0 Å². The molecule has 8 nitrogen and oxygen atoms in total. The minimum absolute atomic E-state index is 0.343. The van der Waals surface area contributed by atoms with Crippen LogP contribution >= 0.6 is 0 Å². The van der Waals surface area contributed by atoms with Gasteiger partial charge in [0, 0.05) is 12.2 Å². The number of amides is 1. The van der Waals surface area contributed by atoms with Gasteiger partial charge in [0.25, 0.3) is 0 Å². The van der Waals surface area contributed by atoms with Crippen molar-refractivity contribution in [2.75, 3.05) is 19.0 Å². The van der Waals surface area contributed by atoms with Crippen LogP contribution in [-0.2, 0) is 16.2 Å². The summed E-state index contributed by atoms with van der Waals surface area (Å²) in [6, 6.07) is 22.1. The zero-order chi connectivity index (χ0) is 25.5. The zero-order valence-corrected chi connectivity index (χ0v) is 19.9. The van der Waals surface area contributed by atoms with Gasteiger partial charge in [-0.25, -0.2) is 4.79 Å². The number of hydrogen-bond acceptors (Lipinski definition) is 6. The van der Waals surface area contributed by atoms with Gasteiger partial charge in [0.15, 0.2) is 11.5 Å².